The number of nitriles is 1. The van der Waals surface area contributed by atoms with Gasteiger partial charge < -0.3 is 4.42 Å². The first-order chi connectivity index (χ1) is 12.8. The van der Waals surface area contributed by atoms with E-state index in [1.54, 1.807) is 36.4 Å². The number of benzene rings is 2. The predicted octanol–water partition coefficient (Wildman–Crippen LogP) is 7.45. The average Bonchev–Trinajstić information content (AvgIpc) is 3.08. The summed E-state index contributed by atoms with van der Waals surface area (Å²) in [5.41, 5.74) is 0.385. The number of rotatable bonds is 3. The summed E-state index contributed by atoms with van der Waals surface area (Å²) in [4.78, 5) is 0. The van der Waals surface area contributed by atoms with Crippen molar-refractivity contribution in [3.63, 3.8) is 0 Å². The molecule has 2 nitrogen and oxygen atoms in total. The van der Waals surface area contributed by atoms with Crippen LogP contribution >= 0.6 is 27.5 Å². The molecule has 1 aromatic heterocycles. The van der Waals surface area contributed by atoms with Crippen molar-refractivity contribution in [3.8, 4) is 17.4 Å². The lowest BCUT2D eigenvalue weighted by atomic mass is 10.1. The van der Waals surface area contributed by atoms with E-state index in [1.165, 1.54) is 18.2 Å². The average molecular weight is 453 g/mol. The van der Waals surface area contributed by atoms with E-state index in [4.69, 9.17) is 16.0 Å². The van der Waals surface area contributed by atoms with Crippen LogP contribution in [0.2, 0.25) is 5.02 Å². The van der Waals surface area contributed by atoms with Gasteiger partial charge in [-0.1, -0.05) is 39.7 Å². The molecule has 1 heterocycles. The van der Waals surface area contributed by atoms with Gasteiger partial charge in [-0.3, -0.25) is 0 Å². The Hall–Kier alpha value is -2.49. The number of halogens is 5. The molecule has 0 spiro atoms. The number of alkyl halides is 3. The summed E-state index contributed by atoms with van der Waals surface area (Å²) in [6, 6.07) is 16.0. The van der Waals surface area contributed by atoms with Crippen LogP contribution in [0.25, 0.3) is 23.0 Å². The van der Waals surface area contributed by atoms with Gasteiger partial charge in [0.1, 0.15) is 11.5 Å². The van der Waals surface area contributed by atoms with Gasteiger partial charge in [0, 0.05) is 10.0 Å². The molecule has 0 atom stereocenters. The lowest BCUT2D eigenvalue weighted by molar-refractivity contribution is -0.137. The first-order valence-electron chi connectivity index (χ1n) is 7.62. The molecule has 3 rings (SSSR count). The molecular weight excluding hydrogens is 443 g/mol. The van der Waals surface area contributed by atoms with Crippen molar-refractivity contribution in [1.29, 1.82) is 5.26 Å². The van der Waals surface area contributed by atoms with E-state index in [9.17, 15) is 18.4 Å². The van der Waals surface area contributed by atoms with Crippen LogP contribution in [0, 0.1) is 11.3 Å². The summed E-state index contributed by atoms with van der Waals surface area (Å²) < 4.78 is 45.5. The van der Waals surface area contributed by atoms with Crippen molar-refractivity contribution in [1.82, 2.24) is 0 Å². The van der Waals surface area contributed by atoms with Gasteiger partial charge >= 0.3 is 6.18 Å². The van der Waals surface area contributed by atoms with Crippen LogP contribution < -0.4 is 0 Å². The number of furan rings is 1. The Bertz CT molecular complexity index is 1050. The van der Waals surface area contributed by atoms with E-state index in [1.807, 2.05) is 0 Å². The summed E-state index contributed by atoms with van der Waals surface area (Å²) in [6.07, 6.45) is -3.02. The van der Waals surface area contributed by atoms with E-state index in [0.717, 1.165) is 10.5 Å². The first-order valence-corrected chi connectivity index (χ1v) is 8.80. The quantitative estimate of drug-likeness (QED) is 0.387. The standard InChI is InChI=1S/C20H10BrClF3NO/c21-15-4-1-12(2-5-15)14(11-26)9-16-6-8-19(27-16)13-3-7-18(22)17(10-13)20(23,24)25/h1-10H. The first kappa shape index (κ1) is 19.3. The van der Waals surface area contributed by atoms with E-state index in [2.05, 4.69) is 22.0 Å². The Morgan fingerprint density at radius 3 is 2.41 bits per heavy atom. The van der Waals surface area contributed by atoms with Crippen LogP contribution in [0.15, 0.2) is 63.5 Å². The van der Waals surface area contributed by atoms with Gasteiger partial charge in [-0.2, -0.15) is 18.4 Å². The maximum absolute atomic E-state index is 13.0. The molecule has 0 fully saturated rings. The van der Waals surface area contributed by atoms with Gasteiger partial charge in [0.15, 0.2) is 0 Å². The molecule has 3 aromatic rings. The maximum atomic E-state index is 13.0. The van der Waals surface area contributed by atoms with Gasteiger partial charge in [-0.25, -0.2) is 0 Å². The normalized spacial score (nSPS) is 12.1. The second-order valence-corrected chi connectivity index (χ2v) is 6.89. The van der Waals surface area contributed by atoms with Gasteiger partial charge in [-0.15, -0.1) is 0 Å². The molecule has 0 aliphatic rings. The smallest absolute Gasteiger partial charge is 0.417 e. The lowest BCUT2D eigenvalue weighted by Crippen LogP contribution is -2.05. The highest BCUT2D eigenvalue weighted by Gasteiger charge is 2.33. The molecule has 0 aliphatic carbocycles. The second-order valence-electron chi connectivity index (χ2n) is 5.57. The van der Waals surface area contributed by atoms with Gasteiger partial charge in [0.2, 0.25) is 0 Å². The molecule has 2 aromatic carbocycles. The topological polar surface area (TPSA) is 36.9 Å². The Morgan fingerprint density at radius 2 is 1.78 bits per heavy atom. The van der Waals surface area contributed by atoms with Crippen molar-refractivity contribution in [2.45, 2.75) is 6.18 Å². The third kappa shape index (κ3) is 4.44. The summed E-state index contributed by atoms with van der Waals surface area (Å²) in [7, 11) is 0. The molecule has 0 saturated heterocycles. The fourth-order valence-electron chi connectivity index (χ4n) is 2.43. The highest BCUT2D eigenvalue weighted by molar-refractivity contribution is 9.10. The van der Waals surface area contributed by atoms with E-state index in [0.29, 0.717) is 16.9 Å². The Labute approximate surface area is 166 Å². The summed E-state index contributed by atoms with van der Waals surface area (Å²) in [5.74, 6) is 0.601. The third-order valence-corrected chi connectivity index (χ3v) is 4.60. The van der Waals surface area contributed by atoms with Crippen molar-refractivity contribution in [2.24, 2.45) is 0 Å². The number of hydrogen-bond donors (Lipinski definition) is 0. The number of allylic oxidation sites excluding steroid dienone is 1. The zero-order chi connectivity index (χ0) is 19.6. The van der Waals surface area contributed by atoms with Crippen LogP contribution in [0.4, 0.5) is 13.2 Å². The molecule has 0 N–H and O–H groups in total. The third-order valence-electron chi connectivity index (χ3n) is 3.75. The molecule has 0 aliphatic heterocycles. The van der Waals surface area contributed by atoms with Crippen molar-refractivity contribution in [2.75, 3.05) is 0 Å². The summed E-state index contributed by atoms with van der Waals surface area (Å²) in [5, 5.41) is 9.00. The Balaban J connectivity index is 1.95. The minimum atomic E-state index is -4.56. The van der Waals surface area contributed by atoms with Crippen LogP contribution in [0.3, 0.4) is 0 Å². The minimum absolute atomic E-state index is 0.244. The highest BCUT2D eigenvalue weighted by atomic mass is 79.9. The Morgan fingerprint density at radius 1 is 1.07 bits per heavy atom. The van der Waals surface area contributed by atoms with Crippen LogP contribution in [0.5, 0.6) is 0 Å². The SMILES string of the molecule is N#CC(=Cc1ccc(-c2ccc(Cl)c(C(F)(F)F)c2)o1)c1ccc(Br)cc1. The van der Waals surface area contributed by atoms with Crippen molar-refractivity contribution >= 4 is 39.2 Å². The maximum Gasteiger partial charge on any atom is 0.417 e. The van der Waals surface area contributed by atoms with E-state index < -0.39 is 11.7 Å². The molecule has 0 saturated carbocycles. The summed E-state index contributed by atoms with van der Waals surface area (Å²) in [6.45, 7) is 0. The molecular formula is C20H10BrClF3NO. The van der Waals surface area contributed by atoms with Gasteiger partial charge in [0.25, 0.3) is 0 Å². The molecule has 7 heteroatoms. The highest BCUT2D eigenvalue weighted by Crippen LogP contribution is 2.37. The molecule has 27 heavy (non-hydrogen) atoms. The number of hydrogen-bond acceptors (Lipinski definition) is 2. The molecule has 0 amide bonds. The second kappa shape index (κ2) is 7.63. The predicted molar refractivity (Wildman–Crippen MR) is 102 cm³/mol. The Kier molecular flexibility index (Phi) is 5.45. The van der Waals surface area contributed by atoms with Crippen LogP contribution in [-0.2, 0) is 6.18 Å². The van der Waals surface area contributed by atoms with Crippen LogP contribution in [-0.4, -0.2) is 0 Å². The van der Waals surface area contributed by atoms with E-state index in [-0.39, 0.29) is 16.3 Å². The molecule has 0 bridgehead atoms. The van der Waals surface area contributed by atoms with Crippen molar-refractivity contribution in [3.05, 3.63) is 81.0 Å². The fourth-order valence-corrected chi connectivity index (χ4v) is 2.92. The fraction of sp³-hybridized carbons (Fsp3) is 0.0500. The van der Waals surface area contributed by atoms with Gasteiger partial charge in [0.05, 0.1) is 22.2 Å². The van der Waals surface area contributed by atoms with Crippen molar-refractivity contribution < 1.29 is 17.6 Å². The van der Waals surface area contributed by atoms with Gasteiger partial charge in [-0.05, 0) is 54.1 Å². The number of nitrogens with zero attached hydrogens (tertiary/aromatic N) is 1. The zero-order valence-electron chi connectivity index (χ0n) is 13.5. The minimum Gasteiger partial charge on any atom is -0.457 e. The summed E-state index contributed by atoms with van der Waals surface area (Å²) >= 11 is 8.97. The molecule has 136 valence electrons. The lowest BCUT2D eigenvalue weighted by Gasteiger charge is -2.09. The largest absolute Gasteiger partial charge is 0.457 e. The van der Waals surface area contributed by atoms with Crippen LogP contribution in [0.1, 0.15) is 16.9 Å². The molecule has 0 radical (unpaired) electrons. The zero-order valence-corrected chi connectivity index (χ0v) is 15.9. The molecule has 0 unspecified atom stereocenters. The van der Waals surface area contributed by atoms with E-state index >= 15 is 0 Å². The monoisotopic (exact) mass is 451 g/mol.